The number of carbonyl (C=O) groups excluding carboxylic acids is 2. The highest BCUT2D eigenvalue weighted by atomic mass is 16.6. The summed E-state index contributed by atoms with van der Waals surface area (Å²) < 4.78 is 10.7. The molecule has 22 heavy (non-hydrogen) atoms. The Hall–Kier alpha value is -1.30. The molecule has 0 radical (unpaired) electrons. The third-order valence-electron chi connectivity index (χ3n) is 3.41. The molecular formula is C16H30N2O4. The lowest BCUT2D eigenvalue weighted by molar-refractivity contribution is -0.132. The second kappa shape index (κ2) is 9.66. The van der Waals surface area contributed by atoms with Crippen LogP contribution in [-0.4, -0.2) is 67.3 Å². The summed E-state index contributed by atoms with van der Waals surface area (Å²) in [5.41, 5.74) is 0. The monoisotopic (exact) mass is 314 g/mol. The van der Waals surface area contributed by atoms with E-state index in [-0.39, 0.29) is 18.1 Å². The van der Waals surface area contributed by atoms with Crippen molar-refractivity contribution >= 4 is 12.0 Å². The predicted octanol–water partition coefficient (Wildman–Crippen LogP) is 2.13. The molecule has 1 aliphatic heterocycles. The normalized spacial score (nSPS) is 16.1. The Morgan fingerprint density at radius 2 is 1.64 bits per heavy atom. The van der Waals surface area contributed by atoms with Gasteiger partial charge in [0.05, 0.1) is 25.7 Å². The van der Waals surface area contributed by atoms with E-state index in [0.29, 0.717) is 51.7 Å². The van der Waals surface area contributed by atoms with Gasteiger partial charge in [0, 0.05) is 26.2 Å². The molecule has 1 fully saturated rings. The largest absolute Gasteiger partial charge is 0.449 e. The van der Waals surface area contributed by atoms with E-state index in [9.17, 15) is 9.59 Å². The van der Waals surface area contributed by atoms with Gasteiger partial charge in [-0.05, 0) is 26.2 Å². The third kappa shape index (κ3) is 7.11. The van der Waals surface area contributed by atoms with E-state index >= 15 is 0 Å². The Kier molecular flexibility index (Phi) is 8.24. The second-order valence-corrected chi connectivity index (χ2v) is 6.36. The first kappa shape index (κ1) is 18.7. The molecule has 128 valence electrons. The van der Waals surface area contributed by atoms with Crippen LogP contribution in [0.3, 0.4) is 0 Å². The minimum Gasteiger partial charge on any atom is -0.449 e. The van der Waals surface area contributed by atoms with Crippen LogP contribution in [0.2, 0.25) is 0 Å². The number of rotatable bonds is 6. The lowest BCUT2D eigenvalue weighted by Crippen LogP contribution is -2.38. The Labute approximate surface area is 133 Å². The first-order valence-corrected chi connectivity index (χ1v) is 8.21. The lowest BCUT2D eigenvalue weighted by Gasteiger charge is -2.22. The first-order valence-electron chi connectivity index (χ1n) is 8.21. The second-order valence-electron chi connectivity index (χ2n) is 6.36. The van der Waals surface area contributed by atoms with Crippen molar-refractivity contribution in [3.05, 3.63) is 0 Å². The zero-order valence-electron chi connectivity index (χ0n) is 14.3. The minimum atomic E-state index is -0.272. The molecular weight excluding hydrogens is 284 g/mol. The van der Waals surface area contributed by atoms with E-state index < -0.39 is 0 Å². The summed E-state index contributed by atoms with van der Waals surface area (Å²) in [6, 6.07) is 0. The van der Waals surface area contributed by atoms with Gasteiger partial charge in [-0.1, -0.05) is 13.8 Å². The Morgan fingerprint density at radius 3 is 2.27 bits per heavy atom. The van der Waals surface area contributed by atoms with Gasteiger partial charge < -0.3 is 19.3 Å². The maximum Gasteiger partial charge on any atom is 0.409 e. The molecule has 6 nitrogen and oxygen atoms in total. The van der Waals surface area contributed by atoms with E-state index in [1.165, 1.54) is 0 Å². The quantitative estimate of drug-likeness (QED) is 0.753. The van der Waals surface area contributed by atoms with E-state index in [1.54, 1.807) is 4.90 Å². The van der Waals surface area contributed by atoms with Crippen molar-refractivity contribution in [3.63, 3.8) is 0 Å². The standard InChI is InChI=1S/C16H30N2O4/c1-13(2)12-22-16(20)18-8-5-7-17(9-10-18)15(19)6-11-21-14(3)4/h13-14H,5-12H2,1-4H3. The van der Waals surface area contributed by atoms with E-state index in [2.05, 4.69) is 0 Å². The van der Waals surface area contributed by atoms with Crippen LogP contribution in [0.1, 0.15) is 40.5 Å². The molecule has 0 atom stereocenters. The molecule has 0 N–H and O–H groups in total. The van der Waals surface area contributed by atoms with Crippen LogP contribution in [0.15, 0.2) is 0 Å². The van der Waals surface area contributed by atoms with Crippen molar-refractivity contribution in [1.82, 2.24) is 9.80 Å². The van der Waals surface area contributed by atoms with Gasteiger partial charge in [0.25, 0.3) is 0 Å². The summed E-state index contributed by atoms with van der Waals surface area (Å²) >= 11 is 0. The van der Waals surface area contributed by atoms with Gasteiger partial charge in [0.1, 0.15) is 0 Å². The van der Waals surface area contributed by atoms with Crippen molar-refractivity contribution < 1.29 is 19.1 Å². The molecule has 0 spiro atoms. The van der Waals surface area contributed by atoms with Crippen LogP contribution >= 0.6 is 0 Å². The molecule has 0 saturated carbocycles. The Bertz CT molecular complexity index is 358. The minimum absolute atomic E-state index is 0.0954. The molecule has 0 aliphatic carbocycles. The highest BCUT2D eigenvalue weighted by molar-refractivity contribution is 5.76. The van der Waals surface area contributed by atoms with Crippen LogP contribution in [0.5, 0.6) is 0 Å². The summed E-state index contributed by atoms with van der Waals surface area (Å²) in [4.78, 5) is 27.6. The van der Waals surface area contributed by atoms with E-state index in [1.807, 2.05) is 32.6 Å². The van der Waals surface area contributed by atoms with Gasteiger partial charge in [-0.25, -0.2) is 4.79 Å². The third-order valence-corrected chi connectivity index (χ3v) is 3.41. The Balaban J connectivity index is 2.35. The average Bonchev–Trinajstić information content (AvgIpc) is 2.70. The number of ether oxygens (including phenoxy) is 2. The molecule has 1 aliphatic rings. The molecule has 1 rings (SSSR count). The maximum absolute atomic E-state index is 12.1. The topological polar surface area (TPSA) is 59.1 Å². The van der Waals surface area contributed by atoms with E-state index in [0.717, 1.165) is 6.42 Å². The fraction of sp³-hybridized carbons (Fsp3) is 0.875. The zero-order chi connectivity index (χ0) is 16.5. The average molecular weight is 314 g/mol. The smallest absolute Gasteiger partial charge is 0.409 e. The predicted molar refractivity (Wildman–Crippen MR) is 84.7 cm³/mol. The molecule has 1 saturated heterocycles. The molecule has 6 heteroatoms. The van der Waals surface area contributed by atoms with Crippen molar-refractivity contribution in [2.75, 3.05) is 39.4 Å². The van der Waals surface area contributed by atoms with Crippen LogP contribution < -0.4 is 0 Å². The Morgan fingerprint density at radius 1 is 1.00 bits per heavy atom. The maximum atomic E-state index is 12.1. The number of carbonyl (C=O) groups is 2. The summed E-state index contributed by atoms with van der Waals surface area (Å²) in [6.07, 6.45) is 1.05. The highest BCUT2D eigenvalue weighted by Gasteiger charge is 2.22. The SMILES string of the molecule is CC(C)COC(=O)N1CCCN(C(=O)CCOC(C)C)CC1. The molecule has 0 aromatic rings. The van der Waals surface area contributed by atoms with Crippen LogP contribution in [0.4, 0.5) is 4.79 Å². The number of hydrogen-bond acceptors (Lipinski definition) is 4. The van der Waals surface area contributed by atoms with Crippen molar-refractivity contribution in [2.45, 2.75) is 46.6 Å². The van der Waals surface area contributed by atoms with Crippen molar-refractivity contribution in [2.24, 2.45) is 5.92 Å². The van der Waals surface area contributed by atoms with Gasteiger partial charge in [0.15, 0.2) is 0 Å². The fourth-order valence-electron chi connectivity index (χ4n) is 2.22. The zero-order valence-corrected chi connectivity index (χ0v) is 14.3. The van der Waals surface area contributed by atoms with Gasteiger partial charge in [-0.2, -0.15) is 0 Å². The molecule has 0 unspecified atom stereocenters. The summed E-state index contributed by atoms with van der Waals surface area (Å²) in [6.45, 7) is 11.2. The number of hydrogen-bond donors (Lipinski definition) is 0. The lowest BCUT2D eigenvalue weighted by atomic mass is 10.2. The van der Waals surface area contributed by atoms with Crippen molar-refractivity contribution in [1.29, 1.82) is 0 Å². The van der Waals surface area contributed by atoms with Crippen LogP contribution in [0.25, 0.3) is 0 Å². The summed E-state index contributed by atoms with van der Waals surface area (Å²) in [5, 5.41) is 0. The highest BCUT2D eigenvalue weighted by Crippen LogP contribution is 2.08. The molecule has 0 aromatic heterocycles. The van der Waals surface area contributed by atoms with Gasteiger partial charge in [-0.15, -0.1) is 0 Å². The number of amides is 2. The van der Waals surface area contributed by atoms with Crippen molar-refractivity contribution in [3.8, 4) is 0 Å². The molecule has 0 aromatic carbocycles. The first-order chi connectivity index (χ1) is 10.4. The van der Waals surface area contributed by atoms with Gasteiger partial charge in [0.2, 0.25) is 5.91 Å². The van der Waals surface area contributed by atoms with Crippen LogP contribution in [0, 0.1) is 5.92 Å². The fourth-order valence-corrected chi connectivity index (χ4v) is 2.22. The van der Waals surface area contributed by atoms with Crippen LogP contribution in [-0.2, 0) is 14.3 Å². The summed E-state index contributed by atoms with van der Waals surface area (Å²) in [5.74, 6) is 0.424. The van der Waals surface area contributed by atoms with Gasteiger partial charge >= 0.3 is 6.09 Å². The molecule has 1 heterocycles. The number of nitrogens with zero attached hydrogens (tertiary/aromatic N) is 2. The summed E-state index contributed by atoms with van der Waals surface area (Å²) in [7, 11) is 0. The van der Waals surface area contributed by atoms with E-state index in [4.69, 9.17) is 9.47 Å². The van der Waals surface area contributed by atoms with Gasteiger partial charge in [-0.3, -0.25) is 4.79 Å². The molecule has 2 amide bonds. The molecule has 0 bridgehead atoms.